The molecule has 0 radical (unpaired) electrons. The highest BCUT2D eigenvalue weighted by Gasteiger charge is 2.27. The molecule has 0 saturated heterocycles. The first-order valence-electron chi connectivity index (χ1n) is 8.87. The Balaban J connectivity index is 1.57. The van der Waals surface area contributed by atoms with Crippen LogP contribution in [0.1, 0.15) is 5.56 Å². The summed E-state index contributed by atoms with van der Waals surface area (Å²) in [5.74, 6) is -0.151. The molecule has 30 heavy (non-hydrogen) atoms. The molecular weight excluding hydrogens is 396 g/mol. The van der Waals surface area contributed by atoms with Gasteiger partial charge in [0.25, 0.3) is 0 Å². The third-order valence-electron chi connectivity index (χ3n) is 4.52. The lowest BCUT2D eigenvalue weighted by Crippen LogP contribution is -2.39. The van der Waals surface area contributed by atoms with Crippen LogP contribution in [-0.4, -0.2) is 30.2 Å². The first kappa shape index (κ1) is 19.4. The van der Waals surface area contributed by atoms with Crippen molar-refractivity contribution in [1.29, 1.82) is 0 Å². The van der Waals surface area contributed by atoms with Gasteiger partial charge in [-0.1, -0.05) is 0 Å². The zero-order valence-corrected chi connectivity index (χ0v) is 16.1. The van der Waals surface area contributed by atoms with E-state index in [1.54, 1.807) is 6.07 Å². The normalized spacial score (nSPS) is 12.8. The molecule has 2 N–H and O–H groups in total. The van der Waals surface area contributed by atoms with E-state index in [1.165, 1.54) is 55.6 Å². The second kappa shape index (κ2) is 7.82. The van der Waals surface area contributed by atoms with Gasteiger partial charge >= 0.3 is 6.03 Å². The van der Waals surface area contributed by atoms with Crippen LogP contribution >= 0.6 is 0 Å². The standard InChI is InChI=1S/C20H17F2N5O3/c1-29-13-4-6-16(15(22)8-13)27-10-11-9-23-19(25-18(11)26-20(27)28)24-12-3-5-14(21)17(7-12)30-2/h3-9H,10H2,1-2H3,(H2,23,24,25,26,28). The van der Waals surface area contributed by atoms with Crippen molar-refractivity contribution in [2.24, 2.45) is 0 Å². The Morgan fingerprint density at radius 2 is 1.93 bits per heavy atom. The molecule has 8 nitrogen and oxygen atoms in total. The maximum atomic E-state index is 14.4. The number of halogens is 2. The predicted molar refractivity (Wildman–Crippen MR) is 106 cm³/mol. The van der Waals surface area contributed by atoms with Gasteiger partial charge in [0.15, 0.2) is 17.4 Å². The summed E-state index contributed by atoms with van der Waals surface area (Å²) >= 11 is 0. The zero-order valence-electron chi connectivity index (χ0n) is 16.1. The van der Waals surface area contributed by atoms with Crippen LogP contribution in [-0.2, 0) is 6.54 Å². The fourth-order valence-corrected chi connectivity index (χ4v) is 3.00. The SMILES string of the molecule is COc1ccc(N2Cc3cnc(Nc4ccc(F)c(OC)c4)nc3NC2=O)c(F)c1. The van der Waals surface area contributed by atoms with E-state index in [1.807, 2.05) is 0 Å². The summed E-state index contributed by atoms with van der Waals surface area (Å²) in [5.41, 5.74) is 1.23. The van der Waals surface area contributed by atoms with Crippen LogP contribution in [0.5, 0.6) is 11.5 Å². The molecule has 2 aromatic carbocycles. The van der Waals surface area contributed by atoms with Crippen molar-refractivity contribution < 1.29 is 23.0 Å². The van der Waals surface area contributed by atoms with E-state index in [0.29, 0.717) is 22.8 Å². The summed E-state index contributed by atoms with van der Waals surface area (Å²) in [6.45, 7) is 0.0923. The van der Waals surface area contributed by atoms with E-state index in [2.05, 4.69) is 20.6 Å². The van der Waals surface area contributed by atoms with E-state index in [-0.39, 0.29) is 23.9 Å². The molecule has 0 unspecified atom stereocenters. The third kappa shape index (κ3) is 3.66. The van der Waals surface area contributed by atoms with Crippen molar-refractivity contribution in [3.8, 4) is 11.5 Å². The first-order chi connectivity index (χ1) is 14.5. The second-order valence-electron chi connectivity index (χ2n) is 6.38. The van der Waals surface area contributed by atoms with Gasteiger partial charge in [0.1, 0.15) is 11.6 Å². The number of hydrogen-bond donors (Lipinski definition) is 2. The Labute approximate surface area is 170 Å². The lowest BCUT2D eigenvalue weighted by atomic mass is 10.2. The lowest BCUT2D eigenvalue weighted by Gasteiger charge is -2.29. The number of ether oxygens (including phenoxy) is 2. The van der Waals surface area contributed by atoms with Gasteiger partial charge in [-0.05, 0) is 24.3 Å². The lowest BCUT2D eigenvalue weighted by molar-refractivity contribution is 0.255. The molecule has 154 valence electrons. The minimum atomic E-state index is -0.586. The van der Waals surface area contributed by atoms with Crippen LogP contribution in [0.4, 0.5) is 36.7 Å². The van der Waals surface area contributed by atoms with Crippen LogP contribution in [0.2, 0.25) is 0 Å². The smallest absolute Gasteiger partial charge is 0.327 e. The topological polar surface area (TPSA) is 88.6 Å². The largest absolute Gasteiger partial charge is 0.497 e. The number of urea groups is 1. The highest BCUT2D eigenvalue weighted by molar-refractivity contribution is 6.03. The van der Waals surface area contributed by atoms with E-state index < -0.39 is 17.7 Å². The molecule has 0 atom stereocenters. The summed E-state index contributed by atoms with van der Waals surface area (Å²) < 4.78 is 37.9. The molecule has 1 aliphatic rings. The van der Waals surface area contributed by atoms with E-state index >= 15 is 0 Å². The molecule has 1 aliphatic heterocycles. The van der Waals surface area contributed by atoms with Crippen molar-refractivity contribution >= 4 is 29.2 Å². The number of amides is 2. The Morgan fingerprint density at radius 3 is 2.67 bits per heavy atom. The molecule has 0 aliphatic carbocycles. The summed E-state index contributed by atoms with van der Waals surface area (Å²) in [6.07, 6.45) is 1.53. The molecular formula is C20H17F2N5O3. The van der Waals surface area contributed by atoms with Gasteiger partial charge in [0.2, 0.25) is 5.95 Å². The van der Waals surface area contributed by atoms with Crippen molar-refractivity contribution in [2.45, 2.75) is 6.54 Å². The van der Waals surface area contributed by atoms with Crippen LogP contribution in [0.25, 0.3) is 0 Å². The maximum absolute atomic E-state index is 14.4. The van der Waals surface area contributed by atoms with Gasteiger partial charge in [0.05, 0.1) is 26.5 Å². The van der Waals surface area contributed by atoms with Crippen molar-refractivity contribution in [3.63, 3.8) is 0 Å². The number of aromatic nitrogens is 2. The van der Waals surface area contributed by atoms with Gasteiger partial charge in [-0.25, -0.2) is 18.6 Å². The van der Waals surface area contributed by atoms with Crippen LogP contribution in [0, 0.1) is 11.6 Å². The van der Waals surface area contributed by atoms with Gasteiger partial charge in [0, 0.05) is 29.6 Å². The van der Waals surface area contributed by atoms with Crippen LogP contribution in [0.15, 0.2) is 42.6 Å². The van der Waals surface area contributed by atoms with Gasteiger partial charge in [-0.15, -0.1) is 0 Å². The van der Waals surface area contributed by atoms with Crippen molar-refractivity contribution in [1.82, 2.24) is 9.97 Å². The molecule has 0 spiro atoms. The van der Waals surface area contributed by atoms with Crippen molar-refractivity contribution in [2.75, 3.05) is 29.8 Å². The highest BCUT2D eigenvalue weighted by Crippen LogP contribution is 2.31. The number of rotatable bonds is 5. The number of carbonyl (C=O) groups excluding carboxylic acids is 1. The average molecular weight is 413 g/mol. The van der Waals surface area contributed by atoms with Gasteiger partial charge in [-0.3, -0.25) is 10.2 Å². The van der Waals surface area contributed by atoms with E-state index in [9.17, 15) is 13.6 Å². The molecule has 10 heteroatoms. The number of hydrogen-bond acceptors (Lipinski definition) is 6. The Kier molecular flexibility index (Phi) is 5.05. The molecule has 3 aromatic rings. The maximum Gasteiger partial charge on any atom is 0.327 e. The Hall–Kier alpha value is -3.95. The Morgan fingerprint density at radius 1 is 1.10 bits per heavy atom. The zero-order chi connectivity index (χ0) is 21.3. The van der Waals surface area contributed by atoms with Crippen LogP contribution in [0.3, 0.4) is 0 Å². The number of carbonyl (C=O) groups is 1. The Bertz CT molecular complexity index is 1130. The summed E-state index contributed by atoms with van der Waals surface area (Å²) in [6, 6.07) is 7.94. The quantitative estimate of drug-likeness (QED) is 0.656. The third-order valence-corrected chi connectivity index (χ3v) is 4.52. The second-order valence-corrected chi connectivity index (χ2v) is 6.38. The first-order valence-corrected chi connectivity index (χ1v) is 8.87. The summed E-state index contributed by atoms with van der Waals surface area (Å²) in [5, 5.41) is 5.56. The molecule has 2 heterocycles. The number of nitrogens with zero attached hydrogens (tertiary/aromatic N) is 3. The molecule has 0 bridgehead atoms. The van der Waals surface area contributed by atoms with Crippen molar-refractivity contribution in [3.05, 3.63) is 59.8 Å². The van der Waals surface area contributed by atoms with Crippen LogP contribution < -0.4 is 25.0 Å². The number of nitrogens with one attached hydrogen (secondary N) is 2. The number of anilines is 4. The molecule has 1 aromatic heterocycles. The fraction of sp³-hybridized carbons (Fsp3) is 0.150. The molecule has 0 fully saturated rings. The van der Waals surface area contributed by atoms with E-state index in [4.69, 9.17) is 9.47 Å². The minimum absolute atomic E-state index is 0.0726. The van der Waals surface area contributed by atoms with Gasteiger partial charge < -0.3 is 14.8 Å². The monoisotopic (exact) mass is 413 g/mol. The fourth-order valence-electron chi connectivity index (χ4n) is 3.00. The molecule has 2 amide bonds. The highest BCUT2D eigenvalue weighted by atomic mass is 19.1. The molecule has 0 saturated carbocycles. The molecule has 4 rings (SSSR count). The number of methoxy groups -OCH3 is 2. The number of benzene rings is 2. The number of fused-ring (bicyclic) bond motifs is 1. The minimum Gasteiger partial charge on any atom is -0.497 e. The summed E-state index contributed by atoms with van der Waals surface area (Å²) in [7, 11) is 2.80. The summed E-state index contributed by atoms with van der Waals surface area (Å²) in [4.78, 5) is 22.3. The predicted octanol–water partition coefficient (Wildman–Crippen LogP) is 4.07. The van der Waals surface area contributed by atoms with E-state index in [0.717, 1.165) is 0 Å². The van der Waals surface area contributed by atoms with Gasteiger partial charge in [-0.2, -0.15) is 4.98 Å². The average Bonchev–Trinajstić information content (AvgIpc) is 2.74.